The van der Waals surface area contributed by atoms with Crippen molar-refractivity contribution in [3.63, 3.8) is 0 Å². The van der Waals surface area contributed by atoms with E-state index in [0.717, 1.165) is 28.5 Å². The molecule has 2 aromatic heterocycles. The average molecular weight is 530 g/mol. The van der Waals surface area contributed by atoms with Crippen molar-refractivity contribution in [1.29, 1.82) is 0 Å². The maximum atomic E-state index is 12.1. The summed E-state index contributed by atoms with van der Waals surface area (Å²) >= 11 is 2.15. The number of nitrogens with zero attached hydrogens (tertiary/aromatic N) is 2. The number of halogens is 1. The zero-order valence-corrected chi connectivity index (χ0v) is 18.6. The molecule has 0 bridgehead atoms. The molecule has 0 aliphatic carbocycles. The van der Waals surface area contributed by atoms with Gasteiger partial charge in [-0.3, -0.25) is 18.7 Å². The van der Waals surface area contributed by atoms with E-state index in [1.807, 2.05) is 18.2 Å². The van der Waals surface area contributed by atoms with Crippen LogP contribution in [-0.2, 0) is 13.1 Å². The van der Waals surface area contributed by atoms with Crippen molar-refractivity contribution in [2.24, 2.45) is 0 Å². The maximum Gasteiger partial charge on any atom is 0.326 e. The topological polar surface area (TPSA) is 110 Å². The van der Waals surface area contributed by atoms with Crippen LogP contribution in [0.25, 0.3) is 22.1 Å². The van der Waals surface area contributed by atoms with E-state index >= 15 is 0 Å². The molecule has 1 atom stereocenters. The standard InChI is InChI=1S/C11H9IN2O2.C11H10N2O2/c12-7-4-5-14-9-6(10(7)15)2-1-3-8(9)13-11(14)16;14-9-5-2-6-13-10-7(9)3-1-4-8(10)12-11(13)15/h1-3,7H,4-5H2,(H,13,16);1,3-4H,2,5-6H2,(H,12,15). The summed E-state index contributed by atoms with van der Waals surface area (Å²) in [5.74, 6) is 0.252. The fourth-order valence-electron chi connectivity index (χ4n) is 4.36. The minimum atomic E-state index is -0.124. The molecule has 2 aliphatic rings. The summed E-state index contributed by atoms with van der Waals surface area (Å²) < 4.78 is 3.29. The molecular weight excluding hydrogens is 511 g/mol. The van der Waals surface area contributed by atoms with Crippen LogP contribution in [-0.4, -0.2) is 34.6 Å². The van der Waals surface area contributed by atoms with Crippen molar-refractivity contribution in [2.75, 3.05) is 0 Å². The molecule has 0 fully saturated rings. The molecule has 1 unspecified atom stereocenters. The first-order valence-corrected chi connectivity index (χ1v) is 11.3. The number of carbonyl (C=O) groups is 2. The molecule has 2 aromatic carbocycles. The van der Waals surface area contributed by atoms with Crippen molar-refractivity contribution < 1.29 is 9.59 Å². The van der Waals surface area contributed by atoms with Crippen LogP contribution in [0.2, 0.25) is 0 Å². The Bertz CT molecular complexity index is 1470. The predicted octanol–water partition coefficient (Wildman–Crippen LogP) is 3.03. The molecule has 158 valence electrons. The summed E-state index contributed by atoms with van der Waals surface area (Å²) in [5, 5.41) is 0. The second-order valence-electron chi connectivity index (χ2n) is 7.71. The average Bonchev–Trinajstić information content (AvgIpc) is 3.14. The zero-order chi connectivity index (χ0) is 21.7. The molecular formula is C22H19IN4O4. The first kappa shape index (κ1) is 20.0. The number of alkyl halides is 1. The fraction of sp³-hybridized carbons (Fsp3) is 0.273. The molecule has 4 heterocycles. The normalized spacial score (nSPS) is 17.9. The molecule has 0 saturated carbocycles. The third-order valence-electron chi connectivity index (χ3n) is 5.83. The Hall–Kier alpha value is -2.95. The number of imidazole rings is 2. The van der Waals surface area contributed by atoms with Gasteiger partial charge in [-0.1, -0.05) is 34.7 Å². The lowest BCUT2D eigenvalue weighted by atomic mass is 10.1. The van der Waals surface area contributed by atoms with E-state index < -0.39 is 0 Å². The van der Waals surface area contributed by atoms with Gasteiger partial charge < -0.3 is 9.97 Å². The highest BCUT2D eigenvalue weighted by Gasteiger charge is 2.25. The number of hydrogen-bond acceptors (Lipinski definition) is 4. The summed E-state index contributed by atoms with van der Waals surface area (Å²) in [6, 6.07) is 10.9. The molecule has 9 heteroatoms. The summed E-state index contributed by atoms with van der Waals surface area (Å²) in [4.78, 5) is 52.7. The van der Waals surface area contributed by atoms with Crippen LogP contribution in [0.4, 0.5) is 0 Å². The third kappa shape index (κ3) is 3.27. The van der Waals surface area contributed by atoms with Crippen LogP contribution < -0.4 is 11.4 Å². The van der Waals surface area contributed by atoms with Crippen LogP contribution in [0.3, 0.4) is 0 Å². The van der Waals surface area contributed by atoms with Crippen molar-refractivity contribution in [3.8, 4) is 0 Å². The van der Waals surface area contributed by atoms with Gasteiger partial charge in [0.05, 0.1) is 26.0 Å². The lowest BCUT2D eigenvalue weighted by Crippen LogP contribution is -2.18. The fourth-order valence-corrected chi connectivity index (χ4v) is 4.98. The zero-order valence-electron chi connectivity index (χ0n) is 16.5. The van der Waals surface area contributed by atoms with E-state index in [4.69, 9.17) is 0 Å². The van der Waals surface area contributed by atoms with Gasteiger partial charge >= 0.3 is 11.4 Å². The molecule has 8 nitrogen and oxygen atoms in total. The Morgan fingerprint density at radius 2 is 1.39 bits per heavy atom. The van der Waals surface area contributed by atoms with Crippen molar-refractivity contribution >= 4 is 56.2 Å². The van der Waals surface area contributed by atoms with E-state index in [1.165, 1.54) is 0 Å². The quantitative estimate of drug-likeness (QED) is 0.269. The van der Waals surface area contributed by atoms with E-state index in [0.29, 0.717) is 37.1 Å². The number of aromatic nitrogens is 4. The maximum absolute atomic E-state index is 12.1. The second-order valence-corrected chi connectivity index (χ2v) is 9.22. The van der Waals surface area contributed by atoms with Gasteiger partial charge in [-0.05, 0) is 37.1 Å². The van der Waals surface area contributed by atoms with Crippen LogP contribution in [0, 0.1) is 0 Å². The monoisotopic (exact) mass is 530 g/mol. The minimum Gasteiger partial charge on any atom is -0.306 e. The minimum absolute atomic E-state index is 0.0394. The number of nitrogens with one attached hydrogen (secondary N) is 2. The van der Waals surface area contributed by atoms with Gasteiger partial charge in [0.25, 0.3) is 0 Å². The van der Waals surface area contributed by atoms with E-state index in [-0.39, 0.29) is 26.9 Å². The van der Waals surface area contributed by atoms with Gasteiger partial charge in [0.15, 0.2) is 11.6 Å². The number of para-hydroxylation sites is 2. The number of hydrogen-bond donors (Lipinski definition) is 2. The van der Waals surface area contributed by atoms with Crippen molar-refractivity contribution in [3.05, 3.63) is 68.5 Å². The van der Waals surface area contributed by atoms with Crippen molar-refractivity contribution in [2.45, 2.75) is 36.3 Å². The van der Waals surface area contributed by atoms with Gasteiger partial charge in [-0.2, -0.15) is 0 Å². The Morgan fingerprint density at radius 1 is 0.806 bits per heavy atom. The number of aromatic amines is 2. The second kappa shape index (κ2) is 7.63. The molecule has 0 radical (unpaired) electrons. The van der Waals surface area contributed by atoms with E-state index in [1.54, 1.807) is 27.3 Å². The number of carbonyl (C=O) groups excluding carboxylic acids is 2. The first-order chi connectivity index (χ1) is 15.0. The van der Waals surface area contributed by atoms with Crippen molar-refractivity contribution in [1.82, 2.24) is 19.1 Å². The predicted molar refractivity (Wildman–Crippen MR) is 125 cm³/mol. The molecule has 2 aliphatic heterocycles. The molecule has 0 saturated heterocycles. The largest absolute Gasteiger partial charge is 0.326 e. The SMILES string of the molecule is O=C1CCCn2c(=O)[nH]c3cccc1c32.O=C1c2cccc3[nH]c(=O)n(c23)CCC1I. The van der Waals surface area contributed by atoms with Gasteiger partial charge in [0.1, 0.15) is 0 Å². The van der Waals surface area contributed by atoms with E-state index in [9.17, 15) is 19.2 Å². The highest BCUT2D eigenvalue weighted by molar-refractivity contribution is 14.1. The number of aryl methyl sites for hydroxylation is 2. The van der Waals surface area contributed by atoms with Gasteiger partial charge in [0.2, 0.25) is 0 Å². The van der Waals surface area contributed by atoms with Crippen LogP contribution in [0.15, 0.2) is 46.0 Å². The smallest absolute Gasteiger partial charge is 0.306 e. The number of H-pyrrole nitrogens is 2. The van der Waals surface area contributed by atoms with E-state index in [2.05, 4.69) is 32.6 Å². The summed E-state index contributed by atoms with van der Waals surface area (Å²) in [6.07, 6.45) is 1.97. The van der Waals surface area contributed by atoms with Gasteiger partial charge in [-0.15, -0.1) is 0 Å². The Morgan fingerprint density at radius 3 is 2.06 bits per heavy atom. The summed E-state index contributed by atoms with van der Waals surface area (Å²) in [5.41, 5.74) is 4.12. The lowest BCUT2D eigenvalue weighted by molar-refractivity contribution is 0.0978. The Labute approximate surface area is 189 Å². The molecule has 4 aromatic rings. The van der Waals surface area contributed by atoms with Crippen LogP contribution in [0.5, 0.6) is 0 Å². The Balaban J connectivity index is 0.000000132. The Kier molecular flexibility index (Phi) is 4.92. The molecule has 0 amide bonds. The number of benzene rings is 2. The molecule has 2 N–H and O–H groups in total. The third-order valence-corrected chi connectivity index (χ3v) is 7.02. The summed E-state index contributed by atoms with van der Waals surface area (Å²) in [6.45, 7) is 1.23. The molecule has 31 heavy (non-hydrogen) atoms. The summed E-state index contributed by atoms with van der Waals surface area (Å²) in [7, 11) is 0. The van der Waals surface area contributed by atoms with Gasteiger partial charge in [0, 0.05) is 30.6 Å². The first-order valence-electron chi connectivity index (χ1n) is 10.1. The molecule has 6 rings (SSSR count). The van der Waals surface area contributed by atoms with Crippen LogP contribution in [0.1, 0.15) is 40.0 Å². The number of rotatable bonds is 0. The number of Topliss-reactive ketones (excluding diaryl/α,β-unsaturated/α-hetero) is 2. The lowest BCUT2D eigenvalue weighted by Gasteiger charge is -2.03. The highest BCUT2D eigenvalue weighted by atomic mass is 127. The highest BCUT2D eigenvalue weighted by Crippen LogP contribution is 2.25. The van der Waals surface area contributed by atoms with Gasteiger partial charge in [-0.25, -0.2) is 9.59 Å². The molecule has 0 spiro atoms. The number of ketones is 2. The van der Waals surface area contributed by atoms with Crippen LogP contribution >= 0.6 is 22.6 Å².